The SMILES string of the molecule is CCCCCCc1cc2cc(C(N)=O)/c(=N\NC(=O)c3ccc(C)cc3)oc2cc1O. The third-order valence-corrected chi connectivity index (χ3v) is 5.09. The lowest BCUT2D eigenvalue weighted by molar-refractivity contribution is 0.0946. The Bertz CT molecular complexity index is 1160. The molecule has 7 heteroatoms. The molecule has 0 aliphatic heterocycles. The van der Waals surface area contributed by atoms with Crippen LogP contribution >= 0.6 is 0 Å². The summed E-state index contributed by atoms with van der Waals surface area (Å²) in [6, 6.07) is 11.8. The summed E-state index contributed by atoms with van der Waals surface area (Å²) in [7, 11) is 0. The number of fused-ring (bicyclic) bond motifs is 1. The molecule has 31 heavy (non-hydrogen) atoms. The Morgan fingerprint density at radius 1 is 1.10 bits per heavy atom. The van der Waals surface area contributed by atoms with Gasteiger partial charge < -0.3 is 15.3 Å². The molecule has 162 valence electrons. The Balaban J connectivity index is 1.92. The lowest BCUT2D eigenvalue weighted by Gasteiger charge is -2.08. The molecule has 0 aliphatic carbocycles. The molecule has 3 rings (SSSR count). The topological polar surface area (TPSA) is 118 Å². The largest absolute Gasteiger partial charge is 0.508 e. The number of aromatic hydroxyl groups is 1. The summed E-state index contributed by atoms with van der Waals surface area (Å²) in [4.78, 5) is 24.3. The molecule has 0 saturated carbocycles. The first-order chi connectivity index (χ1) is 14.9. The molecule has 1 aromatic heterocycles. The number of nitrogens with zero attached hydrogens (tertiary/aromatic N) is 1. The predicted molar refractivity (Wildman–Crippen MR) is 118 cm³/mol. The van der Waals surface area contributed by atoms with Crippen molar-refractivity contribution in [2.75, 3.05) is 0 Å². The summed E-state index contributed by atoms with van der Waals surface area (Å²) in [6.45, 7) is 4.07. The molecule has 0 atom stereocenters. The van der Waals surface area contributed by atoms with E-state index in [1.165, 1.54) is 6.07 Å². The molecule has 0 saturated heterocycles. The van der Waals surface area contributed by atoms with Gasteiger partial charge >= 0.3 is 0 Å². The second-order valence-electron chi connectivity index (χ2n) is 7.58. The van der Waals surface area contributed by atoms with Crippen LogP contribution in [-0.4, -0.2) is 16.9 Å². The number of rotatable bonds is 8. The fourth-order valence-corrected chi connectivity index (χ4v) is 3.28. The van der Waals surface area contributed by atoms with Crippen LogP contribution in [0.15, 0.2) is 52.0 Å². The number of benzene rings is 2. The molecule has 7 nitrogen and oxygen atoms in total. The molecule has 0 radical (unpaired) electrons. The molecule has 0 fully saturated rings. The van der Waals surface area contributed by atoms with E-state index in [4.69, 9.17) is 10.2 Å². The van der Waals surface area contributed by atoms with Crippen LogP contribution in [0, 0.1) is 6.92 Å². The highest BCUT2D eigenvalue weighted by Crippen LogP contribution is 2.26. The summed E-state index contributed by atoms with van der Waals surface area (Å²) in [5.41, 5.74) is 10.4. The molecule has 0 spiro atoms. The van der Waals surface area contributed by atoms with Gasteiger partial charge in [0.2, 0.25) is 5.55 Å². The van der Waals surface area contributed by atoms with Crippen LogP contribution < -0.4 is 16.7 Å². The normalized spacial score (nSPS) is 11.6. The quantitative estimate of drug-likeness (QED) is 0.377. The van der Waals surface area contributed by atoms with E-state index < -0.39 is 11.8 Å². The third-order valence-electron chi connectivity index (χ3n) is 5.09. The summed E-state index contributed by atoms with van der Waals surface area (Å²) in [5.74, 6) is -1.06. The van der Waals surface area contributed by atoms with Gasteiger partial charge in [-0.05, 0) is 49.6 Å². The first-order valence-corrected chi connectivity index (χ1v) is 10.4. The van der Waals surface area contributed by atoms with Crippen LogP contribution in [0.5, 0.6) is 5.75 Å². The molecule has 2 aromatic carbocycles. The van der Waals surface area contributed by atoms with Gasteiger partial charge in [-0.3, -0.25) is 9.59 Å². The summed E-state index contributed by atoms with van der Waals surface area (Å²) < 4.78 is 5.70. The molecular weight excluding hydrogens is 394 g/mol. The maximum absolute atomic E-state index is 12.3. The summed E-state index contributed by atoms with van der Waals surface area (Å²) >= 11 is 0. The van der Waals surface area contributed by atoms with E-state index in [1.54, 1.807) is 24.3 Å². The fraction of sp³-hybridized carbons (Fsp3) is 0.292. The molecule has 3 aromatic rings. The van der Waals surface area contributed by atoms with Crippen molar-refractivity contribution >= 4 is 22.8 Å². The number of nitrogens with one attached hydrogen (secondary N) is 1. The summed E-state index contributed by atoms with van der Waals surface area (Å²) in [6.07, 6.45) is 5.06. The zero-order valence-corrected chi connectivity index (χ0v) is 17.8. The first-order valence-electron chi connectivity index (χ1n) is 10.4. The van der Waals surface area contributed by atoms with Crippen LogP contribution in [0.2, 0.25) is 0 Å². The van der Waals surface area contributed by atoms with E-state index in [2.05, 4.69) is 17.5 Å². The van der Waals surface area contributed by atoms with Gasteiger partial charge in [-0.15, -0.1) is 5.10 Å². The van der Waals surface area contributed by atoms with Gasteiger partial charge in [0.25, 0.3) is 11.8 Å². The number of amides is 2. The van der Waals surface area contributed by atoms with E-state index in [-0.39, 0.29) is 16.9 Å². The summed E-state index contributed by atoms with van der Waals surface area (Å²) in [5, 5.41) is 14.9. The maximum Gasteiger partial charge on any atom is 0.271 e. The molecule has 0 aliphatic rings. The number of phenolic OH excluding ortho intramolecular Hbond substituents is 1. The standard InChI is InChI=1S/C24H27N3O4/c1-3-4-5-6-7-17-12-18-13-19(22(25)29)24(31-21(18)14-20(17)28)27-26-23(30)16-10-8-15(2)9-11-16/h8-14,28H,3-7H2,1-2H3,(H2,25,29)(H,26,30)/b27-24+. The fourth-order valence-electron chi connectivity index (χ4n) is 3.28. The second kappa shape index (κ2) is 9.93. The van der Waals surface area contributed by atoms with E-state index in [9.17, 15) is 14.7 Å². The molecule has 1 heterocycles. The predicted octanol–water partition coefficient (Wildman–Crippen LogP) is 3.91. The van der Waals surface area contributed by atoms with Crippen molar-refractivity contribution in [1.29, 1.82) is 0 Å². The van der Waals surface area contributed by atoms with Crippen molar-refractivity contribution in [2.24, 2.45) is 10.8 Å². The van der Waals surface area contributed by atoms with Crippen LogP contribution in [-0.2, 0) is 6.42 Å². The Labute approximate surface area is 180 Å². The highest BCUT2D eigenvalue weighted by Gasteiger charge is 2.13. The smallest absolute Gasteiger partial charge is 0.271 e. The highest BCUT2D eigenvalue weighted by atomic mass is 16.3. The van der Waals surface area contributed by atoms with Crippen molar-refractivity contribution in [3.63, 3.8) is 0 Å². The van der Waals surface area contributed by atoms with Gasteiger partial charge in [0, 0.05) is 17.0 Å². The van der Waals surface area contributed by atoms with Gasteiger partial charge in [0.05, 0.1) is 0 Å². The van der Waals surface area contributed by atoms with E-state index in [0.29, 0.717) is 16.5 Å². The minimum atomic E-state index is -0.730. The van der Waals surface area contributed by atoms with Crippen LogP contribution in [0.25, 0.3) is 11.0 Å². The molecule has 4 N–H and O–H groups in total. The highest BCUT2D eigenvalue weighted by molar-refractivity contribution is 5.96. The first kappa shape index (κ1) is 22.1. The lowest BCUT2D eigenvalue weighted by Crippen LogP contribution is -2.27. The van der Waals surface area contributed by atoms with Crippen molar-refractivity contribution < 1.29 is 19.1 Å². The third kappa shape index (κ3) is 5.51. The average molecular weight is 421 g/mol. The van der Waals surface area contributed by atoms with Crippen LogP contribution in [0.4, 0.5) is 0 Å². The van der Waals surface area contributed by atoms with Gasteiger partial charge in [-0.1, -0.05) is 43.9 Å². The van der Waals surface area contributed by atoms with Gasteiger partial charge in [-0.2, -0.15) is 0 Å². The number of nitrogens with two attached hydrogens (primary N) is 1. The van der Waals surface area contributed by atoms with Gasteiger partial charge in [-0.25, -0.2) is 5.43 Å². The van der Waals surface area contributed by atoms with Crippen molar-refractivity contribution in [2.45, 2.75) is 46.0 Å². The zero-order chi connectivity index (χ0) is 22.4. The number of phenols is 1. The Morgan fingerprint density at radius 2 is 1.84 bits per heavy atom. The van der Waals surface area contributed by atoms with Crippen LogP contribution in [0.3, 0.4) is 0 Å². The molecular formula is C24H27N3O4. The number of aryl methyl sites for hydroxylation is 2. The molecule has 0 bridgehead atoms. The maximum atomic E-state index is 12.3. The van der Waals surface area contributed by atoms with Crippen molar-refractivity contribution in [3.8, 4) is 5.75 Å². The Hall–Kier alpha value is -3.61. The number of primary amides is 1. The van der Waals surface area contributed by atoms with Crippen molar-refractivity contribution in [3.05, 3.63) is 70.3 Å². The van der Waals surface area contributed by atoms with E-state index in [0.717, 1.165) is 43.2 Å². The van der Waals surface area contributed by atoms with Crippen LogP contribution in [0.1, 0.15) is 64.4 Å². The monoisotopic (exact) mass is 421 g/mol. The second-order valence-corrected chi connectivity index (χ2v) is 7.58. The molecule has 2 amide bonds. The lowest BCUT2D eigenvalue weighted by atomic mass is 10.0. The van der Waals surface area contributed by atoms with E-state index >= 15 is 0 Å². The van der Waals surface area contributed by atoms with Crippen molar-refractivity contribution in [1.82, 2.24) is 5.43 Å². The minimum Gasteiger partial charge on any atom is -0.508 e. The molecule has 0 unspecified atom stereocenters. The number of carbonyl (C=O) groups is 2. The number of carbonyl (C=O) groups excluding carboxylic acids is 2. The number of unbranched alkanes of at least 4 members (excludes halogenated alkanes) is 3. The number of hydrogen-bond acceptors (Lipinski definition) is 5. The van der Waals surface area contributed by atoms with E-state index in [1.807, 2.05) is 19.1 Å². The number of hydrogen-bond donors (Lipinski definition) is 3. The van der Waals surface area contributed by atoms with Gasteiger partial charge in [0.15, 0.2) is 0 Å². The Kier molecular flexibility index (Phi) is 7.07. The Morgan fingerprint density at radius 3 is 2.52 bits per heavy atom. The van der Waals surface area contributed by atoms with Gasteiger partial charge in [0.1, 0.15) is 16.9 Å². The zero-order valence-electron chi connectivity index (χ0n) is 17.8. The minimum absolute atomic E-state index is 0.0410. The average Bonchev–Trinajstić information content (AvgIpc) is 2.75.